The van der Waals surface area contributed by atoms with Crippen LogP contribution in [0.1, 0.15) is 5.56 Å². The van der Waals surface area contributed by atoms with Crippen LogP contribution in [-0.4, -0.2) is 11.7 Å². The van der Waals surface area contributed by atoms with Crippen molar-refractivity contribution in [3.8, 4) is 0 Å². The van der Waals surface area contributed by atoms with E-state index in [-0.39, 0.29) is 0 Å². The van der Waals surface area contributed by atoms with Gasteiger partial charge >= 0.3 is 0 Å². The van der Waals surface area contributed by atoms with Crippen LogP contribution in [0.4, 0.5) is 5.69 Å². The van der Waals surface area contributed by atoms with Gasteiger partial charge in [-0.05, 0) is 12.1 Å². The molecule has 3 heteroatoms. The number of benzene rings is 1. The van der Waals surface area contributed by atoms with E-state index in [1.165, 1.54) is 4.42 Å². The number of aliphatic hydroxyl groups excluding tert-OH is 1. The molecular weight excluding hydrogens is 174 g/mol. The molecule has 0 saturated heterocycles. The minimum Gasteiger partial charge on any atom is -0.510 e. The molecule has 0 spiro atoms. The van der Waals surface area contributed by atoms with Gasteiger partial charge in [0, 0.05) is 17.3 Å². The summed E-state index contributed by atoms with van der Waals surface area (Å²) in [5.74, 6) is 0.295. The topological polar surface area (TPSA) is 23.5 Å². The molecule has 1 aromatic rings. The van der Waals surface area contributed by atoms with Crippen LogP contribution in [0.15, 0.2) is 30.0 Å². The first-order valence-electron chi connectivity index (χ1n) is 3.69. The lowest BCUT2D eigenvalue weighted by molar-refractivity contribution is 0.408. The van der Waals surface area contributed by atoms with Crippen LogP contribution in [0, 0.1) is 0 Å². The molecule has 1 aromatic carbocycles. The standard InChI is InChI=1S/C9H8ClNO/c10-11-6-8(12)5-7-3-1-2-4-9(7)11/h1-5,12H,6H2. The summed E-state index contributed by atoms with van der Waals surface area (Å²) in [5, 5.41) is 9.26. The van der Waals surface area contributed by atoms with Gasteiger partial charge in [-0.2, -0.15) is 0 Å². The van der Waals surface area contributed by atoms with Crippen molar-refractivity contribution >= 4 is 23.5 Å². The highest BCUT2D eigenvalue weighted by Gasteiger charge is 2.14. The fourth-order valence-electron chi connectivity index (χ4n) is 1.28. The molecule has 0 bridgehead atoms. The summed E-state index contributed by atoms with van der Waals surface area (Å²) < 4.78 is 1.50. The van der Waals surface area contributed by atoms with Gasteiger partial charge in [0.15, 0.2) is 0 Å². The van der Waals surface area contributed by atoms with Crippen molar-refractivity contribution < 1.29 is 5.11 Å². The van der Waals surface area contributed by atoms with E-state index >= 15 is 0 Å². The van der Waals surface area contributed by atoms with Crippen LogP contribution in [-0.2, 0) is 0 Å². The lowest BCUT2D eigenvalue weighted by Crippen LogP contribution is -2.18. The number of aliphatic hydroxyl groups is 1. The lowest BCUT2D eigenvalue weighted by atomic mass is 10.1. The summed E-state index contributed by atoms with van der Waals surface area (Å²) in [6, 6.07) is 7.68. The molecule has 0 amide bonds. The number of halogens is 1. The maximum Gasteiger partial charge on any atom is 0.114 e. The molecule has 12 heavy (non-hydrogen) atoms. The second-order valence-electron chi connectivity index (χ2n) is 2.71. The highest BCUT2D eigenvalue weighted by atomic mass is 35.5. The summed E-state index contributed by atoms with van der Waals surface area (Å²) in [7, 11) is 0. The van der Waals surface area contributed by atoms with E-state index in [4.69, 9.17) is 11.8 Å². The average Bonchev–Trinajstić information content (AvgIpc) is 2.04. The van der Waals surface area contributed by atoms with Crippen molar-refractivity contribution in [3.05, 3.63) is 35.6 Å². The zero-order valence-electron chi connectivity index (χ0n) is 6.37. The molecule has 0 radical (unpaired) electrons. The molecule has 0 aliphatic carbocycles. The van der Waals surface area contributed by atoms with E-state index in [2.05, 4.69) is 0 Å². The number of nitrogens with zero attached hydrogens (tertiary/aromatic N) is 1. The summed E-state index contributed by atoms with van der Waals surface area (Å²) >= 11 is 5.87. The van der Waals surface area contributed by atoms with Gasteiger partial charge in [0.2, 0.25) is 0 Å². The highest BCUT2D eigenvalue weighted by molar-refractivity contribution is 6.26. The molecule has 1 aliphatic heterocycles. The van der Waals surface area contributed by atoms with E-state index in [0.29, 0.717) is 12.3 Å². The van der Waals surface area contributed by atoms with Gasteiger partial charge in [-0.15, -0.1) is 0 Å². The summed E-state index contributed by atoms with van der Waals surface area (Å²) in [5.41, 5.74) is 1.90. The van der Waals surface area contributed by atoms with Crippen LogP contribution in [0.25, 0.3) is 6.08 Å². The smallest absolute Gasteiger partial charge is 0.114 e. The van der Waals surface area contributed by atoms with Gasteiger partial charge in [0.25, 0.3) is 0 Å². The summed E-state index contributed by atoms with van der Waals surface area (Å²) in [6.45, 7) is 0.374. The minimum atomic E-state index is 0.295. The predicted octanol–water partition coefficient (Wildman–Crippen LogP) is 2.56. The normalized spacial score (nSPS) is 15.4. The van der Waals surface area contributed by atoms with Crippen molar-refractivity contribution in [2.45, 2.75) is 0 Å². The van der Waals surface area contributed by atoms with Gasteiger partial charge < -0.3 is 5.11 Å². The van der Waals surface area contributed by atoms with Gasteiger partial charge in [-0.25, -0.2) is 0 Å². The van der Waals surface area contributed by atoms with Crippen molar-refractivity contribution in [3.63, 3.8) is 0 Å². The Bertz CT molecular complexity index is 335. The number of rotatable bonds is 0. The third-order valence-electron chi connectivity index (χ3n) is 1.82. The molecule has 1 aliphatic rings. The fraction of sp³-hybridized carbons (Fsp3) is 0.111. The largest absolute Gasteiger partial charge is 0.510 e. The van der Waals surface area contributed by atoms with Gasteiger partial charge in [-0.1, -0.05) is 18.2 Å². The molecule has 1 N–H and O–H groups in total. The third kappa shape index (κ3) is 1.14. The Labute approximate surface area is 75.8 Å². The third-order valence-corrected chi connectivity index (χ3v) is 2.12. The van der Waals surface area contributed by atoms with E-state index in [9.17, 15) is 5.11 Å². The highest BCUT2D eigenvalue weighted by Crippen LogP contribution is 2.28. The Balaban J connectivity index is 2.55. The van der Waals surface area contributed by atoms with Gasteiger partial charge in [0.05, 0.1) is 12.2 Å². The van der Waals surface area contributed by atoms with E-state index < -0.39 is 0 Å². The molecule has 1 heterocycles. The molecular formula is C9H8ClNO. The maximum atomic E-state index is 9.26. The van der Waals surface area contributed by atoms with E-state index in [1.807, 2.05) is 24.3 Å². The average molecular weight is 182 g/mol. The first-order chi connectivity index (χ1) is 5.77. The predicted molar refractivity (Wildman–Crippen MR) is 50.2 cm³/mol. The van der Waals surface area contributed by atoms with Gasteiger partial charge in [0.1, 0.15) is 5.76 Å². The lowest BCUT2D eigenvalue weighted by Gasteiger charge is -2.21. The van der Waals surface area contributed by atoms with Crippen LogP contribution < -0.4 is 4.42 Å². The molecule has 62 valence electrons. The van der Waals surface area contributed by atoms with Crippen LogP contribution >= 0.6 is 11.8 Å². The second-order valence-corrected chi connectivity index (χ2v) is 3.12. The Hall–Kier alpha value is -1.15. The molecule has 0 saturated carbocycles. The van der Waals surface area contributed by atoms with Crippen LogP contribution in [0.5, 0.6) is 0 Å². The van der Waals surface area contributed by atoms with Gasteiger partial charge in [-0.3, -0.25) is 4.42 Å². The summed E-state index contributed by atoms with van der Waals surface area (Å²) in [6.07, 6.45) is 1.73. The monoisotopic (exact) mass is 181 g/mol. The Morgan fingerprint density at radius 2 is 2.08 bits per heavy atom. The maximum absolute atomic E-state index is 9.26. The fourth-order valence-corrected chi connectivity index (χ4v) is 1.56. The molecule has 0 atom stereocenters. The van der Waals surface area contributed by atoms with Crippen LogP contribution in [0.3, 0.4) is 0 Å². The quantitative estimate of drug-likeness (QED) is 0.622. The van der Waals surface area contributed by atoms with Crippen molar-refractivity contribution in [2.24, 2.45) is 0 Å². The Morgan fingerprint density at radius 3 is 2.92 bits per heavy atom. The number of fused-ring (bicyclic) bond motifs is 1. The van der Waals surface area contributed by atoms with E-state index in [0.717, 1.165) is 11.3 Å². The summed E-state index contributed by atoms with van der Waals surface area (Å²) in [4.78, 5) is 0. The Kier molecular flexibility index (Phi) is 1.70. The minimum absolute atomic E-state index is 0.295. The van der Waals surface area contributed by atoms with Crippen molar-refractivity contribution in [2.75, 3.05) is 11.0 Å². The zero-order chi connectivity index (χ0) is 8.55. The van der Waals surface area contributed by atoms with Crippen molar-refractivity contribution in [1.29, 1.82) is 0 Å². The molecule has 0 fully saturated rings. The number of hydrogen-bond donors (Lipinski definition) is 1. The van der Waals surface area contributed by atoms with Crippen LogP contribution in [0.2, 0.25) is 0 Å². The van der Waals surface area contributed by atoms with Crippen molar-refractivity contribution in [1.82, 2.24) is 0 Å². The second kappa shape index (κ2) is 2.72. The molecule has 2 rings (SSSR count). The zero-order valence-corrected chi connectivity index (χ0v) is 7.12. The molecule has 0 unspecified atom stereocenters. The molecule has 0 aromatic heterocycles. The molecule has 2 nitrogen and oxygen atoms in total. The SMILES string of the molecule is OC1=Cc2ccccc2N(Cl)C1. The number of para-hydroxylation sites is 1. The number of anilines is 1. The Morgan fingerprint density at radius 1 is 1.33 bits per heavy atom. The van der Waals surface area contributed by atoms with E-state index in [1.54, 1.807) is 6.08 Å². The first-order valence-corrected chi connectivity index (χ1v) is 4.03. The first kappa shape index (κ1) is 7.50. The number of hydrogen-bond acceptors (Lipinski definition) is 2.